The van der Waals surface area contributed by atoms with Gasteiger partial charge in [-0.2, -0.15) is 0 Å². The second-order valence-corrected chi connectivity index (χ2v) is 12.2. The molecule has 3 N–H and O–H groups in total. The summed E-state index contributed by atoms with van der Waals surface area (Å²) >= 11 is 0. The topological polar surface area (TPSA) is 125 Å². The van der Waals surface area contributed by atoms with Crippen molar-refractivity contribution < 1.29 is 24.0 Å². The summed E-state index contributed by atoms with van der Waals surface area (Å²) in [6, 6.07) is 5.06. The van der Waals surface area contributed by atoms with E-state index in [9.17, 15) is 24.0 Å². The van der Waals surface area contributed by atoms with E-state index in [0.717, 1.165) is 77.0 Å². The summed E-state index contributed by atoms with van der Waals surface area (Å²) in [5, 5.41) is 8.74. The van der Waals surface area contributed by atoms with Crippen LogP contribution in [-0.2, 0) is 9.59 Å². The number of rotatable bonds is 12. The summed E-state index contributed by atoms with van der Waals surface area (Å²) in [7, 11) is 0. The zero-order valence-electron chi connectivity index (χ0n) is 24.6. The van der Waals surface area contributed by atoms with Crippen LogP contribution in [0.15, 0.2) is 18.2 Å². The average Bonchev–Trinajstić information content (AvgIpc) is 3.20. The maximum absolute atomic E-state index is 13.3. The van der Waals surface area contributed by atoms with Gasteiger partial charge >= 0.3 is 0 Å². The average molecular weight is 567 g/mol. The van der Waals surface area contributed by atoms with Crippen LogP contribution in [0.5, 0.6) is 0 Å². The Morgan fingerprint density at radius 1 is 0.732 bits per heavy atom. The molecule has 0 bridgehead atoms. The molecule has 1 aliphatic heterocycles. The Labute approximate surface area is 243 Å². The van der Waals surface area contributed by atoms with Crippen LogP contribution in [0.1, 0.15) is 128 Å². The fourth-order valence-electron chi connectivity index (χ4n) is 6.84. The molecule has 1 aromatic carbocycles. The van der Waals surface area contributed by atoms with E-state index in [-0.39, 0.29) is 35.6 Å². The lowest BCUT2D eigenvalue weighted by atomic mass is 9.75. The van der Waals surface area contributed by atoms with E-state index >= 15 is 0 Å². The van der Waals surface area contributed by atoms with Crippen molar-refractivity contribution in [3.63, 3.8) is 0 Å². The van der Waals surface area contributed by atoms with Gasteiger partial charge in [0.15, 0.2) is 0 Å². The molecule has 0 spiro atoms. The molecule has 3 aliphatic rings. The Morgan fingerprint density at radius 3 is 1.93 bits per heavy atom. The molecule has 0 saturated heterocycles. The molecule has 2 fully saturated rings. The number of fused-ring (bicyclic) bond motifs is 1. The molecule has 1 heterocycles. The van der Waals surface area contributed by atoms with Crippen LogP contribution in [0.2, 0.25) is 0 Å². The van der Waals surface area contributed by atoms with E-state index in [1.165, 1.54) is 18.2 Å². The van der Waals surface area contributed by atoms with Crippen molar-refractivity contribution in [3.8, 4) is 0 Å². The van der Waals surface area contributed by atoms with Crippen molar-refractivity contribution >= 4 is 29.5 Å². The van der Waals surface area contributed by atoms with E-state index in [1.54, 1.807) is 25.1 Å². The zero-order valence-corrected chi connectivity index (χ0v) is 24.6. The third kappa shape index (κ3) is 8.39. The van der Waals surface area contributed by atoms with Crippen LogP contribution in [0.4, 0.5) is 0 Å². The summed E-state index contributed by atoms with van der Waals surface area (Å²) in [5.74, 6) is 0.591. The molecule has 0 radical (unpaired) electrons. The first kappa shape index (κ1) is 30.7. The summed E-state index contributed by atoms with van der Waals surface area (Å²) < 4.78 is 0. The molecule has 9 heteroatoms. The number of benzene rings is 1. The summed E-state index contributed by atoms with van der Waals surface area (Å²) in [5.41, 5.74) is 1.12. The van der Waals surface area contributed by atoms with Crippen LogP contribution in [0.3, 0.4) is 0 Å². The number of hydrogen-bond acceptors (Lipinski definition) is 5. The Bertz CT molecular complexity index is 1120. The third-order valence-corrected chi connectivity index (χ3v) is 9.05. The van der Waals surface area contributed by atoms with Gasteiger partial charge in [-0.25, -0.2) is 0 Å². The number of unbranched alkanes of at least 4 members (excludes halogenated alkanes) is 3. The molecular weight excluding hydrogens is 520 g/mol. The fraction of sp³-hybridized carbons (Fsp3) is 0.656. The van der Waals surface area contributed by atoms with E-state index in [4.69, 9.17) is 0 Å². The van der Waals surface area contributed by atoms with Gasteiger partial charge < -0.3 is 16.0 Å². The quantitative estimate of drug-likeness (QED) is 0.256. The van der Waals surface area contributed by atoms with Crippen molar-refractivity contribution in [1.29, 1.82) is 0 Å². The highest BCUT2D eigenvalue weighted by atomic mass is 16.2. The predicted molar refractivity (Wildman–Crippen MR) is 156 cm³/mol. The third-order valence-electron chi connectivity index (χ3n) is 9.05. The van der Waals surface area contributed by atoms with Crippen LogP contribution >= 0.6 is 0 Å². The normalized spacial score (nSPS) is 24.1. The van der Waals surface area contributed by atoms with Crippen molar-refractivity contribution in [2.45, 2.75) is 109 Å². The molecule has 0 unspecified atom stereocenters. The number of hydrogen-bond donors (Lipinski definition) is 3. The molecule has 4 rings (SSSR count). The highest BCUT2D eigenvalue weighted by Gasteiger charge is 2.41. The van der Waals surface area contributed by atoms with Gasteiger partial charge in [-0.15, -0.1) is 0 Å². The Morgan fingerprint density at radius 2 is 1.32 bits per heavy atom. The lowest BCUT2D eigenvalue weighted by Crippen LogP contribution is -2.42. The monoisotopic (exact) mass is 566 g/mol. The molecule has 2 aliphatic carbocycles. The number of amides is 5. The molecule has 0 aromatic heterocycles. The summed E-state index contributed by atoms with van der Waals surface area (Å²) in [6.45, 7) is 4.30. The Kier molecular flexibility index (Phi) is 10.9. The van der Waals surface area contributed by atoms with Gasteiger partial charge in [0, 0.05) is 44.6 Å². The lowest BCUT2D eigenvalue weighted by molar-refractivity contribution is -0.120. The van der Waals surface area contributed by atoms with Crippen LogP contribution in [0, 0.1) is 11.8 Å². The maximum Gasteiger partial charge on any atom is 0.261 e. The summed E-state index contributed by atoms with van der Waals surface area (Å²) in [4.78, 5) is 62.9. The molecular formula is C32H46N4O5. The van der Waals surface area contributed by atoms with Crippen LogP contribution in [-0.4, -0.2) is 59.6 Å². The molecule has 41 heavy (non-hydrogen) atoms. The molecule has 0 atom stereocenters. The molecule has 1 aromatic rings. The zero-order chi connectivity index (χ0) is 29.4. The van der Waals surface area contributed by atoms with Crippen molar-refractivity contribution in [2.24, 2.45) is 11.8 Å². The number of carbonyl (C=O) groups excluding carboxylic acids is 5. The number of carbonyl (C=O) groups is 5. The van der Waals surface area contributed by atoms with E-state index in [1.807, 2.05) is 0 Å². The largest absolute Gasteiger partial charge is 0.356 e. The highest BCUT2D eigenvalue weighted by Crippen LogP contribution is 2.38. The Hall–Kier alpha value is -3.23. The van der Waals surface area contributed by atoms with E-state index in [0.29, 0.717) is 47.7 Å². The van der Waals surface area contributed by atoms with Gasteiger partial charge in [-0.3, -0.25) is 28.9 Å². The minimum absolute atomic E-state index is 0.0207. The van der Waals surface area contributed by atoms with Gasteiger partial charge in [0.1, 0.15) is 0 Å². The molecule has 9 nitrogen and oxygen atoms in total. The molecule has 2 saturated carbocycles. The van der Waals surface area contributed by atoms with Gasteiger partial charge in [-0.05, 0) is 101 Å². The minimum Gasteiger partial charge on any atom is -0.356 e. The SMILES string of the molecule is CC(=O)NCCCCCCNC(=O)c1ccc2c(c1)C(=O)N(C1CCC(CC3CCC(NC(C)=O)CC3)CC1)C2=O. The van der Waals surface area contributed by atoms with Gasteiger partial charge in [-0.1, -0.05) is 12.8 Å². The second kappa shape index (κ2) is 14.6. The van der Waals surface area contributed by atoms with Gasteiger partial charge in [0.05, 0.1) is 11.1 Å². The molecule has 5 amide bonds. The van der Waals surface area contributed by atoms with Crippen LogP contribution < -0.4 is 16.0 Å². The Balaban J connectivity index is 1.20. The van der Waals surface area contributed by atoms with Crippen molar-refractivity contribution in [2.75, 3.05) is 13.1 Å². The number of imide groups is 1. The van der Waals surface area contributed by atoms with Crippen molar-refractivity contribution in [1.82, 2.24) is 20.9 Å². The lowest BCUT2D eigenvalue weighted by Gasteiger charge is -2.36. The molecule has 224 valence electrons. The first-order chi connectivity index (χ1) is 19.7. The fourth-order valence-corrected chi connectivity index (χ4v) is 6.84. The predicted octanol–water partition coefficient (Wildman–Crippen LogP) is 4.35. The van der Waals surface area contributed by atoms with Gasteiger partial charge in [0.2, 0.25) is 11.8 Å². The number of nitrogens with zero attached hydrogens (tertiary/aromatic N) is 1. The first-order valence-electron chi connectivity index (χ1n) is 15.5. The van der Waals surface area contributed by atoms with E-state index < -0.39 is 0 Å². The highest BCUT2D eigenvalue weighted by molar-refractivity contribution is 6.22. The summed E-state index contributed by atoms with van der Waals surface area (Å²) in [6.07, 6.45) is 13.0. The maximum atomic E-state index is 13.3. The van der Waals surface area contributed by atoms with E-state index in [2.05, 4.69) is 16.0 Å². The second-order valence-electron chi connectivity index (χ2n) is 12.2. The minimum atomic E-state index is -0.279. The van der Waals surface area contributed by atoms with Gasteiger partial charge in [0.25, 0.3) is 17.7 Å². The first-order valence-corrected chi connectivity index (χ1v) is 15.5. The smallest absolute Gasteiger partial charge is 0.261 e. The van der Waals surface area contributed by atoms with Crippen molar-refractivity contribution in [3.05, 3.63) is 34.9 Å². The standard InChI is InChI=1S/C32H46N4O5/c1-21(37)33-17-5-3-4-6-18-34-30(39)25-11-16-28-29(20-25)32(41)36(31(28)40)27-14-9-24(10-15-27)19-23-7-12-26(13-8-23)35-22(2)38/h11,16,20,23-24,26-27H,3-10,12-15,17-19H2,1-2H3,(H,33,37)(H,34,39)(H,35,38). The van der Waals surface area contributed by atoms with Crippen LogP contribution in [0.25, 0.3) is 0 Å². The number of nitrogens with one attached hydrogen (secondary N) is 3.